The number of nitrogens with zero attached hydrogens (tertiary/aromatic N) is 1. The van der Waals surface area contributed by atoms with Crippen molar-refractivity contribution in [3.63, 3.8) is 0 Å². The Morgan fingerprint density at radius 2 is 1.72 bits per heavy atom. The Kier molecular flexibility index (Phi) is 6.65. The van der Waals surface area contributed by atoms with Gasteiger partial charge in [0.15, 0.2) is 0 Å². The third kappa shape index (κ3) is 4.72. The third-order valence-corrected chi connectivity index (χ3v) is 7.04. The lowest BCUT2D eigenvalue weighted by Crippen LogP contribution is -2.36. The van der Waals surface area contributed by atoms with Gasteiger partial charge in [-0.05, 0) is 62.1 Å². The molecule has 0 unspecified atom stereocenters. The molecule has 7 heteroatoms. The van der Waals surface area contributed by atoms with Crippen molar-refractivity contribution in [2.24, 2.45) is 11.8 Å². The number of aliphatic carboxylic acids is 1. The van der Waals surface area contributed by atoms with Gasteiger partial charge in [-0.1, -0.05) is 30.4 Å². The largest absolute Gasteiger partial charge is 0.481 e. The molecule has 1 aliphatic carbocycles. The van der Waals surface area contributed by atoms with Crippen molar-refractivity contribution in [1.82, 2.24) is 0 Å². The smallest absolute Gasteiger partial charge is 0.307 e. The van der Waals surface area contributed by atoms with Crippen LogP contribution >= 0.6 is 11.8 Å². The maximum Gasteiger partial charge on any atom is 0.307 e. The summed E-state index contributed by atoms with van der Waals surface area (Å²) in [4.78, 5) is 39.7. The highest BCUT2D eigenvalue weighted by Gasteiger charge is 2.34. The van der Waals surface area contributed by atoms with Crippen LogP contribution in [0.4, 0.5) is 11.4 Å². The molecule has 2 N–H and O–H groups in total. The molecule has 166 valence electrons. The third-order valence-electron chi connectivity index (χ3n) is 6.05. The van der Waals surface area contributed by atoms with Gasteiger partial charge in [-0.25, -0.2) is 0 Å². The Morgan fingerprint density at radius 3 is 2.44 bits per heavy atom. The van der Waals surface area contributed by atoms with E-state index in [0.29, 0.717) is 24.3 Å². The normalized spacial score (nSPS) is 21.8. The predicted molar refractivity (Wildman–Crippen MR) is 126 cm³/mol. The van der Waals surface area contributed by atoms with E-state index in [-0.39, 0.29) is 17.9 Å². The number of fused-ring (bicyclic) bond motifs is 1. The molecule has 0 aromatic heterocycles. The summed E-state index contributed by atoms with van der Waals surface area (Å²) in [7, 11) is 0. The highest BCUT2D eigenvalue weighted by Crippen LogP contribution is 2.33. The highest BCUT2D eigenvalue weighted by molar-refractivity contribution is 8.00. The number of carboxylic acid groups (broad SMARTS) is 1. The number of carboxylic acids is 1. The summed E-state index contributed by atoms with van der Waals surface area (Å²) in [5, 5.41) is 12.2. The van der Waals surface area contributed by atoms with Gasteiger partial charge in [0.1, 0.15) is 0 Å². The number of nitrogens with one attached hydrogen (secondary N) is 1. The summed E-state index contributed by atoms with van der Waals surface area (Å²) >= 11 is 1.46. The molecule has 0 saturated heterocycles. The number of allylic oxidation sites excluding steroid dienone is 2. The molecule has 4 rings (SSSR count). The van der Waals surface area contributed by atoms with Crippen molar-refractivity contribution in [3.8, 4) is 0 Å². The van der Waals surface area contributed by atoms with Gasteiger partial charge in [0.2, 0.25) is 11.8 Å². The first kappa shape index (κ1) is 22.1. The van der Waals surface area contributed by atoms with Gasteiger partial charge in [0.25, 0.3) is 0 Å². The van der Waals surface area contributed by atoms with Crippen LogP contribution in [0.15, 0.2) is 65.6 Å². The molecule has 0 radical (unpaired) electrons. The molecule has 2 amide bonds. The van der Waals surface area contributed by atoms with Crippen molar-refractivity contribution in [1.29, 1.82) is 0 Å². The molecule has 1 aliphatic heterocycles. The SMILES string of the molecule is C[C@@H]1Cc2ccccc2N1C(=O)CSc1ccc(NC(=O)[C@@H]2CC=CC[C@H]2C(=O)O)cc1. The maximum atomic E-state index is 12.9. The van der Waals surface area contributed by atoms with Gasteiger partial charge < -0.3 is 15.3 Å². The summed E-state index contributed by atoms with van der Waals surface area (Å²) in [5.41, 5.74) is 2.82. The van der Waals surface area contributed by atoms with Crippen molar-refractivity contribution in [2.45, 2.75) is 37.1 Å². The van der Waals surface area contributed by atoms with E-state index in [1.165, 1.54) is 17.3 Å². The number of hydrogen-bond acceptors (Lipinski definition) is 4. The zero-order valence-electron chi connectivity index (χ0n) is 17.9. The standard InChI is InChI=1S/C25H26N2O4S/c1-16-14-17-6-2-5-9-22(17)27(16)23(28)15-32-19-12-10-18(11-13-19)26-24(29)20-7-3-4-8-21(20)25(30)31/h2-6,9-13,16,20-21H,7-8,14-15H2,1H3,(H,26,29)(H,30,31)/t16-,20-,21-/m1/s1. The number of thioether (sulfide) groups is 1. The molecule has 2 aromatic carbocycles. The van der Waals surface area contributed by atoms with Gasteiger partial charge in [0.05, 0.1) is 17.6 Å². The van der Waals surface area contributed by atoms with E-state index in [4.69, 9.17) is 0 Å². The molecular formula is C25H26N2O4S. The fraction of sp³-hybridized carbons (Fsp3) is 0.320. The van der Waals surface area contributed by atoms with Crippen molar-refractivity contribution < 1.29 is 19.5 Å². The van der Waals surface area contributed by atoms with E-state index in [0.717, 1.165) is 17.0 Å². The van der Waals surface area contributed by atoms with Crippen LogP contribution in [0.3, 0.4) is 0 Å². The summed E-state index contributed by atoms with van der Waals surface area (Å²) in [6.07, 6.45) is 5.35. The molecule has 0 fully saturated rings. The van der Waals surface area contributed by atoms with Gasteiger partial charge in [-0.3, -0.25) is 14.4 Å². The predicted octanol–water partition coefficient (Wildman–Crippen LogP) is 4.36. The van der Waals surface area contributed by atoms with E-state index < -0.39 is 17.8 Å². The second-order valence-electron chi connectivity index (χ2n) is 8.24. The van der Waals surface area contributed by atoms with Gasteiger partial charge in [0, 0.05) is 22.3 Å². The lowest BCUT2D eigenvalue weighted by Gasteiger charge is -2.24. The minimum atomic E-state index is -0.944. The molecule has 0 spiro atoms. The first-order valence-corrected chi connectivity index (χ1v) is 11.7. The highest BCUT2D eigenvalue weighted by atomic mass is 32.2. The van der Waals surface area contributed by atoms with Crippen LogP contribution in [0.25, 0.3) is 0 Å². The number of para-hydroxylation sites is 1. The number of hydrogen-bond donors (Lipinski definition) is 2. The van der Waals surface area contributed by atoms with Crippen LogP contribution in [-0.4, -0.2) is 34.7 Å². The van der Waals surface area contributed by atoms with Crippen LogP contribution < -0.4 is 10.2 Å². The van der Waals surface area contributed by atoms with E-state index >= 15 is 0 Å². The topological polar surface area (TPSA) is 86.7 Å². The molecule has 1 heterocycles. The van der Waals surface area contributed by atoms with Crippen LogP contribution in [-0.2, 0) is 20.8 Å². The number of amides is 2. The minimum absolute atomic E-state index is 0.0786. The Morgan fingerprint density at radius 1 is 1.03 bits per heavy atom. The van der Waals surface area contributed by atoms with Crippen molar-refractivity contribution >= 4 is 40.9 Å². The Hall–Kier alpha value is -3.06. The molecule has 3 atom stereocenters. The van der Waals surface area contributed by atoms with E-state index in [1.54, 1.807) is 12.1 Å². The number of carbonyl (C=O) groups is 3. The molecule has 32 heavy (non-hydrogen) atoms. The molecular weight excluding hydrogens is 424 g/mol. The van der Waals surface area contributed by atoms with E-state index in [2.05, 4.69) is 18.3 Å². The van der Waals surface area contributed by atoms with Gasteiger partial charge >= 0.3 is 5.97 Å². The first-order valence-electron chi connectivity index (χ1n) is 10.8. The lowest BCUT2D eigenvalue weighted by atomic mass is 9.82. The number of anilines is 2. The average Bonchev–Trinajstić information content (AvgIpc) is 3.14. The minimum Gasteiger partial charge on any atom is -0.481 e. The zero-order valence-corrected chi connectivity index (χ0v) is 18.7. The molecule has 6 nitrogen and oxygen atoms in total. The van der Waals surface area contributed by atoms with Crippen molar-refractivity contribution in [2.75, 3.05) is 16.0 Å². The molecule has 2 aliphatic rings. The quantitative estimate of drug-likeness (QED) is 0.504. The Balaban J connectivity index is 1.33. The summed E-state index contributed by atoms with van der Waals surface area (Å²) in [6, 6.07) is 15.5. The van der Waals surface area contributed by atoms with Crippen LogP contribution in [0.5, 0.6) is 0 Å². The van der Waals surface area contributed by atoms with E-state index in [9.17, 15) is 19.5 Å². The summed E-state index contributed by atoms with van der Waals surface area (Å²) in [6.45, 7) is 2.07. The average molecular weight is 451 g/mol. The summed E-state index contributed by atoms with van der Waals surface area (Å²) in [5.74, 6) is -2.08. The van der Waals surface area contributed by atoms with Crippen LogP contribution in [0, 0.1) is 11.8 Å². The van der Waals surface area contributed by atoms with Gasteiger partial charge in [-0.15, -0.1) is 11.8 Å². The monoisotopic (exact) mass is 450 g/mol. The van der Waals surface area contributed by atoms with Crippen molar-refractivity contribution in [3.05, 3.63) is 66.2 Å². The lowest BCUT2D eigenvalue weighted by molar-refractivity contribution is -0.146. The maximum absolute atomic E-state index is 12.9. The summed E-state index contributed by atoms with van der Waals surface area (Å²) < 4.78 is 0. The second-order valence-corrected chi connectivity index (χ2v) is 9.29. The fourth-order valence-corrected chi connectivity index (χ4v) is 5.16. The van der Waals surface area contributed by atoms with E-state index in [1.807, 2.05) is 47.4 Å². The number of carbonyl (C=O) groups excluding carboxylic acids is 2. The van der Waals surface area contributed by atoms with Gasteiger partial charge in [-0.2, -0.15) is 0 Å². The zero-order chi connectivity index (χ0) is 22.7. The Labute approximate surface area is 191 Å². The fourth-order valence-electron chi connectivity index (χ4n) is 4.41. The van der Waals surface area contributed by atoms with Crippen LogP contribution in [0.1, 0.15) is 25.3 Å². The van der Waals surface area contributed by atoms with Crippen LogP contribution in [0.2, 0.25) is 0 Å². The first-order chi connectivity index (χ1) is 15.4. The molecule has 2 aromatic rings. The number of benzene rings is 2. The Bertz CT molecular complexity index is 1050. The molecule has 0 saturated carbocycles. The number of rotatable bonds is 6. The molecule has 0 bridgehead atoms. The second kappa shape index (κ2) is 9.61.